The van der Waals surface area contributed by atoms with Crippen molar-refractivity contribution in [3.63, 3.8) is 0 Å². The highest BCUT2D eigenvalue weighted by Crippen LogP contribution is 2.42. The van der Waals surface area contributed by atoms with Gasteiger partial charge in [-0.2, -0.15) is 0 Å². The Morgan fingerprint density at radius 2 is 1.92 bits per heavy atom. The molecule has 0 bridgehead atoms. The van der Waals surface area contributed by atoms with Gasteiger partial charge in [0.15, 0.2) is 11.6 Å². The fourth-order valence-corrected chi connectivity index (χ4v) is 4.93. The lowest BCUT2D eigenvalue weighted by Crippen LogP contribution is -2.46. The van der Waals surface area contributed by atoms with Gasteiger partial charge in [0.1, 0.15) is 23.9 Å². The number of ether oxygens (including phenoxy) is 1. The second-order valence-electron chi connectivity index (χ2n) is 9.33. The highest BCUT2D eigenvalue weighted by atomic mass is 19.1. The van der Waals surface area contributed by atoms with Crippen molar-refractivity contribution >= 4 is 28.2 Å². The molecule has 0 spiro atoms. The average Bonchev–Trinajstić information content (AvgIpc) is 2.86. The van der Waals surface area contributed by atoms with Crippen molar-refractivity contribution in [2.24, 2.45) is 0 Å². The molecule has 2 aromatic carbocycles. The summed E-state index contributed by atoms with van der Waals surface area (Å²) in [5.74, 6) is 0.805. The van der Waals surface area contributed by atoms with E-state index in [0.29, 0.717) is 18.6 Å². The van der Waals surface area contributed by atoms with E-state index in [1.807, 2.05) is 19.0 Å². The third-order valence-electron chi connectivity index (χ3n) is 6.89. The number of halogens is 1. The first-order valence-electron chi connectivity index (χ1n) is 11.8. The third-order valence-corrected chi connectivity index (χ3v) is 6.89. The lowest BCUT2D eigenvalue weighted by atomic mass is 10.0. The highest BCUT2D eigenvalue weighted by Gasteiger charge is 2.32. The molecule has 1 aromatic heterocycles. The maximum Gasteiger partial charge on any atom is 0.341 e. The summed E-state index contributed by atoms with van der Waals surface area (Å²) in [4.78, 5) is 30.8. The van der Waals surface area contributed by atoms with Crippen LogP contribution < -0.4 is 20.0 Å². The second kappa shape index (κ2) is 9.21. The zero-order chi connectivity index (χ0) is 25.6. The summed E-state index contributed by atoms with van der Waals surface area (Å²) in [5, 5.41) is 9.43. The SMILES string of the molecule is C#C[C@H]1COc2c(N3CCN(Cc4ccc(N(C)C)cc4)CC3)c(F)cc3c(=O)c(C(=O)O)cn1c23. The normalized spacial score (nSPS) is 17.5. The molecule has 0 amide bonds. The molecule has 1 N–H and O–H groups in total. The summed E-state index contributed by atoms with van der Waals surface area (Å²) in [6.45, 7) is 3.45. The molecule has 3 aromatic rings. The van der Waals surface area contributed by atoms with Crippen LogP contribution >= 0.6 is 0 Å². The van der Waals surface area contributed by atoms with Crippen molar-refractivity contribution in [2.75, 3.05) is 56.7 Å². The number of aromatic carboxylic acids is 1. The molecule has 0 unspecified atom stereocenters. The number of carbonyl (C=O) groups is 1. The molecular formula is C27H27FN4O4. The summed E-state index contributed by atoms with van der Waals surface area (Å²) in [7, 11) is 4.02. The van der Waals surface area contributed by atoms with Crippen LogP contribution in [0.3, 0.4) is 0 Å². The highest BCUT2D eigenvalue weighted by molar-refractivity contribution is 5.97. The maximum atomic E-state index is 15.5. The minimum absolute atomic E-state index is 0.0501. The van der Waals surface area contributed by atoms with E-state index in [1.165, 1.54) is 11.8 Å². The van der Waals surface area contributed by atoms with Crippen LogP contribution in [-0.4, -0.2) is 67.4 Å². The number of nitrogens with zero attached hydrogens (tertiary/aromatic N) is 4. The van der Waals surface area contributed by atoms with Gasteiger partial charge in [-0.1, -0.05) is 18.1 Å². The van der Waals surface area contributed by atoms with Gasteiger partial charge < -0.3 is 24.2 Å². The Hall–Kier alpha value is -4.03. The van der Waals surface area contributed by atoms with Crippen LogP contribution in [0.5, 0.6) is 5.75 Å². The Labute approximate surface area is 208 Å². The molecular weight excluding hydrogens is 463 g/mol. The van der Waals surface area contributed by atoms with Gasteiger partial charge in [0.2, 0.25) is 5.43 Å². The minimum Gasteiger partial charge on any atom is -0.486 e. The first-order valence-corrected chi connectivity index (χ1v) is 11.8. The molecule has 5 rings (SSSR count). The molecule has 0 aliphatic carbocycles. The number of pyridine rings is 1. The average molecular weight is 491 g/mol. The van der Waals surface area contributed by atoms with E-state index in [9.17, 15) is 14.7 Å². The molecule has 1 saturated heterocycles. The van der Waals surface area contributed by atoms with Crippen LogP contribution in [0.4, 0.5) is 15.8 Å². The van der Waals surface area contributed by atoms with Crippen molar-refractivity contribution < 1.29 is 19.0 Å². The molecule has 2 aliphatic rings. The number of aromatic nitrogens is 1. The Balaban J connectivity index is 1.44. The lowest BCUT2D eigenvalue weighted by molar-refractivity contribution is 0.0694. The number of terminal acetylenes is 1. The Bertz CT molecular complexity index is 1430. The zero-order valence-corrected chi connectivity index (χ0v) is 20.2. The molecule has 186 valence electrons. The minimum atomic E-state index is -1.38. The van der Waals surface area contributed by atoms with E-state index in [-0.39, 0.29) is 23.4 Å². The standard InChI is InChI=1S/C27H27FN4O4/c1-4-18-16-36-26-23-20(25(33)21(27(34)35)15-32(18)23)13-22(28)24(26)31-11-9-30(10-12-31)14-17-5-7-19(8-6-17)29(2)3/h1,5-8,13,15,18H,9-12,14,16H2,2-3H3,(H,34,35)/t18-/m0/s1. The number of carboxylic acids is 1. The predicted octanol–water partition coefficient (Wildman–Crippen LogP) is 2.79. The molecule has 2 aliphatic heterocycles. The molecule has 0 saturated carbocycles. The topological polar surface area (TPSA) is 78.2 Å². The lowest BCUT2D eigenvalue weighted by Gasteiger charge is -2.38. The van der Waals surface area contributed by atoms with Crippen molar-refractivity contribution in [1.29, 1.82) is 0 Å². The van der Waals surface area contributed by atoms with Gasteiger partial charge in [-0.3, -0.25) is 9.69 Å². The molecule has 1 fully saturated rings. The Kier molecular flexibility index (Phi) is 6.06. The summed E-state index contributed by atoms with van der Waals surface area (Å²) < 4.78 is 22.9. The second-order valence-corrected chi connectivity index (χ2v) is 9.33. The van der Waals surface area contributed by atoms with Gasteiger partial charge in [-0.05, 0) is 23.8 Å². The summed E-state index contributed by atoms with van der Waals surface area (Å²) in [6, 6.07) is 8.94. The number of hydrogen-bond donors (Lipinski definition) is 1. The fraction of sp³-hybridized carbons (Fsp3) is 0.333. The number of piperazine rings is 1. The monoisotopic (exact) mass is 490 g/mol. The van der Waals surface area contributed by atoms with Crippen molar-refractivity contribution in [3.8, 4) is 18.1 Å². The third kappa shape index (κ3) is 4.03. The number of carboxylic acid groups (broad SMARTS) is 1. The predicted molar refractivity (Wildman–Crippen MR) is 137 cm³/mol. The zero-order valence-electron chi connectivity index (χ0n) is 20.2. The molecule has 1 atom stereocenters. The van der Waals surface area contributed by atoms with Gasteiger partial charge in [-0.15, -0.1) is 6.42 Å². The van der Waals surface area contributed by atoms with Crippen molar-refractivity contribution in [1.82, 2.24) is 9.47 Å². The van der Waals surface area contributed by atoms with Crippen LogP contribution in [0.25, 0.3) is 10.9 Å². The van der Waals surface area contributed by atoms with E-state index >= 15 is 4.39 Å². The molecule has 8 nitrogen and oxygen atoms in total. The first-order chi connectivity index (χ1) is 17.3. The van der Waals surface area contributed by atoms with Crippen molar-refractivity contribution in [3.05, 3.63) is 63.7 Å². The number of benzene rings is 2. The quantitative estimate of drug-likeness (QED) is 0.551. The van der Waals surface area contributed by atoms with Gasteiger partial charge >= 0.3 is 5.97 Å². The van der Waals surface area contributed by atoms with Crippen LogP contribution in [0.2, 0.25) is 0 Å². The summed E-state index contributed by atoms with van der Waals surface area (Å²) in [6.07, 6.45) is 6.88. The Morgan fingerprint density at radius 3 is 2.53 bits per heavy atom. The smallest absolute Gasteiger partial charge is 0.341 e. The molecule has 0 radical (unpaired) electrons. The largest absolute Gasteiger partial charge is 0.486 e. The molecule has 36 heavy (non-hydrogen) atoms. The van der Waals surface area contributed by atoms with Crippen LogP contribution in [0, 0.1) is 18.2 Å². The van der Waals surface area contributed by atoms with E-state index in [2.05, 4.69) is 40.0 Å². The van der Waals surface area contributed by atoms with Crippen LogP contribution in [0.1, 0.15) is 22.0 Å². The molecule has 3 heterocycles. The summed E-state index contributed by atoms with van der Waals surface area (Å²) in [5.41, 5.74) is 1.76. The number of rotatable bonds is 5. The first kappa shape index (κ1) is 23.7. The van der Waals surface area contributed by atoms with Gasteiger partial charge in [0.05, 0.1) is 10.9 Å². The van der Waals surface area contributed by atoms with Gasteiger partial charge in [0.25, 0.3) is 0 Å². The summed E-state index contributed by atoms with van der Waals surface area (Å²) >= 11 is 0. The fourth-order valence-electron chi connectivity index (χ4n) is 4.93. The van der Waals surface area contributed by atoms with E-state index in [4.69, 9.17) is 11.2 Å². The Morgan fingerprint density at radius 1 is 1.22 bits per heavy atom. The number of anilines is 2. The maximum absolute atomic E-state index is 15.5. The van der Waals surface area contributed by atoms with Crippen LogP contribution in [-0.2, 0) is 6.54 Å². The van der Waals surface area contributed by atoms with E-state index in [0.717, 1.165) is 31.4 Å². The van der Waals surface area contributed by atoms with Gasteiger partial charge in [0, 0.05) is 58.7 Å². The molecule has 9 heteroatoms. The van der Waals surface area contributed by atoms with E-state index < -0.39 is 28.8 Å². The van der Waals surface area contributed by atoms with Crippen LogP contribution in [0.15, 0.2) is 41.3 Å². The van der Waals surface area contributed by atoms with Gasteiger partial charge in [-0.25, -0.2) is 9.18 Å². The van der Waals surface area contributed by atoms with Crippen molar-refractivity contribution in [2.45, 2.75) is 12.6 Å². The number of hydrogen-bond acceptors (Lipinski definition) is 6. The van der Waals surface area contributed by atoms with E-state index in [1.54, 1.807) is 4.57 Å².